The quantitative estimate of drug-likeness (QED) is 0.212. The van der Waals surface area contributed by atoms with Gasteiger partial charge in [-0.05, 0) is 24.6 Å². The predicted octanol–water partition coefficient (Wildman–Crippen LogP) is 2.93. The van der Waals surface area contributed by atoms with Gasteiger partial charge in [0.1, 0.15) is 0 Å². The Morgan fingerprint density at radius 1 is 1.45 bits per heavy atom. The van der Waals surface area contributed by atoms with Crippen LogP contribution in [0.4, 0.5) is 13.2 Å². The summed E-state index contributed by atoms with van der Waals surface area (Å²) in [5.41, 5.74) is 4.06. The maximum Gasteiger partial charge on any atom is 0.417 e. The number of halogens is 3. The van der Waals surface area contributed by atoms with E-state index in [0.717, 1.165) is 12.5 Å². The van der Waals surface area contributed by atoms with Crippen molar-refractivity contribution < 1.29 is 23.1 Å². The minimum atomic E-state index is -4.55. The molecule has 0 aromatic heterocycles. The summed E-state index contributed by atoms with van der Waals surface area (Å²) in [6, 6.07) is 3.58. The fourth-order valence-electron chi connectivity index (χ4n) is 1.52. The molecule has 1 aromatic rings. The van der Waals surface area contributed by atoms with Gasteiger partial charge in [0.05, 0.1) is 5.56 Å². The molecule has 0 aliphatic heterocycles. The normalized spacial score (nSPS) is 12.7. The van der Waals surface area contributed by atoms with E-state index in [0.29, 0.717) is 17.3 Å². The third kappa shape index (κ3) is 4.61. The zero-order chi connectivity index (χ0) is 15.2. The van der Waals surface area contributed by atoms with E-state index in [1.54, 1.807) is 7.11 Å². The molecular weight excluding hydrogens is 293 g/mol. The van der Waals surface area contributed by atoms with Gasteiger partial charge in [0, 0.05) is 29.9 Å². The van der Waals surface area contributed by atoms with Crippen molar-refractivity contribution in [3.05, 3.63) is 29.3 Å². The van der Waals surface area contributed by atoms with Crippen LogP contribution in [0.15, 0.2) is 28.3 Å². The Labute approximate surface area is 118 Å². The molecule has 0 atom stereocenters. The fourth-order valence-corrected chi connectivity index (χ4v) is 2.38. The molecule has 0 fully saturated rings. The van der Waals surface area contributed by atoms with Crippen LogP contribution in [0.3, 0.4) is 0 Å². The fraction of sp³-hybridized carbons (Fsp3) is 0.417. The van der Waals surface area contributed by atoms with Crippen molar-refractivity contribution in [2.24, 2.45) is 10.9 Å². The Bertz CT molecular complexity index is 478. The van der Waals surface area contributed by atoms with E-state index in [2.05, 4.69) is 5.16 Å². The van der Waals surface area contributed by atoms with E-state index in [1.165, 1.54) is 23.9 Å². The van der Waals surface area contributed by atoms with Crippen LogP contribution in [0, 0.1) is 0 Å². The van der Waals surface area contributed by atoms with Crippen molar-refractivity contribution in [2.75, 3.05) is 19.5 Å². The second-order valence-corrected chi connectivity index (χ2v) is 5.05. The summed E-state index contributed by atoms with van der Waals surface area (Å²) >= 11 is 1.38. The molecular formula is C12H15F3N2O2S. The number of methoxy groups -OCH3 is 1. The van der Waals surface area contributed by atoms with E-state index in [1.807, 2.05) is 0 Å². The Balaban J connectivity index is 2.97. The number of rotatable bonds is 6. The Kier molecular flexibility index (Phi) is 6.15. The van der Waals surface area contributed by atoms with E-state index in [4.69, 9.17) is 15.7 Å². The number of thioether (sulfide) groups is 1. The lowest BCUT2D eigenvalue weighted by atomic mass is 10.1. The van der Waals surface area contributed by atoms with Gasteiger partial charge >= 0.3 is 6.18 Å². The van der Waals surface area contributed by atoms with Crippen LogP contribution in [0.1, 0.15) is 17.5 Å². The monoisotopic (exact) mass is 308 g/mol. The zero-order valence-corrected chi connectivity index (χ0v) is 11.6. The lowest BCUT2D eigenvalue weighted by Crippen LogP contribution is -2.20. The number of nitrogens with zero attached hydrogens (tertiary/aromatic N) is 1. The van der Waals surface area contributed by atoms with Gasteiger partial charge in [0.15, 0.2) is 5.84 Å². The minimum Gasteiger partial charge on any atom is -0.409 e. The first-order valence-electron chi connectivity index (χ1n) is 5.71. The van der Waals surface area contributed by atoms with Gasteiger partial charge in [-0.1, -0.05) is 5.16 Å². The molecule has 0 aliphatic carbocycles. The number of hydrogen-bond donors (Lipinski definition) is 2. The van der Waals surface area contributed by atoms with Crippen molar-refractivity contribution in [3.63, 3.8) is 0 Å². The number of nitrogens with two attached hydrogens (primary N) is 1. The minimum absolute atomic E-state index is 0.322. The highest BCUT2D eigenvalue weighted by atomic mass is 32.2. The topological polar surface area (TPSA) is 67.8 Å². The molecule has 0 amide bonds. The van der Waals surface area contributed by atoms with E-state index in [-0.39, 0.29) is 5.56 Å². The van der Waals surface area contributed by atoms with Gasteiger partial charge in [0.25, 0.3) is 0 Å². The highest BCUT2D eigenvalue weighted by Crippen LogP contribution is 2.34. The first kappa shape index (κ1) is 16.6. The van der Waals surface area contributed by atoms with Crippen molar-refractivity contribution in [3.8, 4) is 0 Å². The molecule has 1 rings (SSSR count). The molecule has 0 heterocycles. The van der Waals surface area contributed by atoms with Gasteiger partial charge < -0.3 is 15.7 Å². The molecule has 8 heteroatoms. The average Bonchev–Trinajstić information content (AvgIpc) is 2.41. The molecule has 3 N–H and O–H groups in total. The van der Waals surface area contributed by atoms with Crippen LogP contribution in [0.5, 0.6) is 0 Å². The van der Waals surface area contributed by atoms with Crippen LogP contribution in [0.25, 0.3) is 0 Å². The molecule has 112 valence electrons. The van der Waals surface area contributed by atoms with Gasteiger partial charge in [-0.25, -0.2) is 0 Å². The third-order valence-corrected chi connectivity index (χ3v) is 3.52. The predicted molar refractivity (Wildman–Crippen MR) is 71.2 cm³/mol. The molecule has 0 aliphatic rings. The van der Waals surface area contributed by atoms with Gasteiger partial charge in [-0.3, -0.25) is 0 Å². The number of ether oxygens (including phenoxy) is 1. The first-order chi connectivity index (χ1) is 9.40. The highest BCUT2D eigenvalue weighted by Gasteiger charge is 2.34. The van der Waals surface area contributed by atoms with E-state index in [9.17, 15) is 13.2 Å². The summed E-state index contributed by atoms with van der Waals surface area (Å²) in [4.78, 5) is 0.621. The number of hydrogen-bond acceptors (Lipinski definition) is 4. The lowest BCUT2D eigenvalue weighted by Gasteiger charge is -2.13. The number of alkyl halides is 3. The van der Waals surface area contributed by atoms with Crippen LogP contribution in [0.2, 0.25) is 0 Å². The van der Waals surface area contributed by atoms with Gasteiger partial charge in [-0.15, -0.1) is 11.8 Å². The second kappa shape index (κ2) is 7.39. The smallest absolute Gasteiger partial charge is 0.409 e. The van der Waals surface area contributed by atoms with Crippen LogP contribution >= 0.6 is 11.8 Å². The average molecular weight is 308 g/mol. The number of oxime groups is 1. The van der Waals surface area contributed by atoms with Gasteiger partial charge in [-0.2, -0.15) is 13.2 Å². The molecule has 20 heavy (non-hydrogen) atoms. The summed E-state index contributed by atoms with van der Waals surface area (Å²) in [7, 11) is 1.58. The van der Waals surface area contributed by atoms with Crippen LogP contribution in [-0.2, 0) is 10.9 Å². The van der Waals surface area contributed by atoms with Crippen molar-refractivity contribution in [1.82, 2.24) is 0 Å². The SMILES string of the molecule is COCCCSc1ccc(C(F)(F)F)c(/C(N)=N/O)c1. The largest absolute Gasteiger partial charge is 0.417 e. The highest BCUT2D eigenvalue weighted by molar-refractivity contribution is 7.99. The number of benzene rings is 1. The summed E-state index contributed by atoms with van der Waals surface area (Å²) in [5, 5.41) is 11.2. The standard InChI is InChI=1S/C12H15F3N2O2S/c1-19-5-2-6-20-8-3-4-10(12(13,14)15)9(7-8)11(16)17-18/h3-4,7,18H,2,5-6H2,1H3,(H2,16,17). The lowest BCUT2D eigenvalue weighted by molar-refractivity contribution is -0.137. The molecule has 0 saturated carbocycles. The zero-order valence-electron chi connectivity index (χ0n) is 10.8. The maximum atomic E-state index is 12.8. The van der Waals surface area contributed by atoms with Crippen molar-refractivity contribution >= 4 is 17.6 Å². The summed E-state index contributed by atoms with van der Waals surface area (Å²) in [6.45, 7) is 0.584. The second-order valence-electron chi connectivity index (χ2n) is 3.89. The summed E-state index contributed by atoms with van der Waals surface area (Å²) < 4.78 is 43.3. The van der Waals surface area contributed by atoms with Crippen LogP contribution < -0.4 is 5.73 Å². The van der Waals surface area contributed by atoms with Gasteiger partial charge in [0.2, 0.25) is 0 Å². The molecule has 0 saturated heterocycles. The van der Waals surface area contributed by atoms with Crippen LogP contribution in [-0.4, -0.2) is 30.5 Å². The maximum absolute atomic E-state index is 12.8. The molecule has 1 aromatic carbocycles. The summed E-state index contributed by atoms with van der Waals surface area (Å²) in [5.74, 6) is 0.145. The van der Waals surface area contributed by atoms with Crippen molar-refractivity contribution in [1.29, 1.82) is 0 Å². The third-order valence-electron chi connectivity index (χ3n) is 2.44. The van der Waals surface area contributed by atoms with E-state index >= 15 is 0 Å². The Hall–Kier alpha value is -1.41. The molecule has 0 unspecified atom stereocenters. The Morgan fingerprint density at radius 3 is 2.70 bits per heavy atom. The first-order valence-corrected chi connectivity index (χ1v) is 6.69. The molecule has 0 bridgehead atoms. The molecule has 0 radical (unpaired) electrons. The summed E-state index contributed by atoms with van der Waals surface area (Å²) in [6.07, 6.45) is -3.77. The Morgan fingerprint density at radius 2 is 2.15 bits per heavy atom. The van der Waals surface area contributed by atoms with E-state index < -0.39 is 17.6 Å². The number of amidine groups is 1. The van der Waals surface area contributed by atoms with Crippen molar-refractivity contribution in [2.45, 2.75) is 17.5 Å². The molecule has 0 spiro atoms. The molecule has 4 nitrogen and oxygen atoms in total.